The lowest BCUT2D eigenvalue weighted by molar-refractivity contribution is 0.207. The minimum atomic E-state index is -0.293. The van der Waals surface area contributed by atoms with Crippen molar-refractivity contribution < 1.29 is 9.13 Å². The maximum atomic E-state index is 14.6. The van der Waals surface area contributed by atoms with Crippen LogP contribution in [0.15, 0.2) is 93.5 Å². The first-order valence-electron chi connectivity index (χ1n) is 10.7. The summed E-state index contributed by atoms with van der Waals surface area (Å²) in [5.74, 6) is -0.293. The number of hydrogen-bond donors (Lipinski definition) is 2. The van der Waals surface area contributed by atoms with E-state index in [4.69, 9.17) is 4.74 Å². The zero-order chi connectivity index (χ0) is 23.5. The van der Waals surface area contributed by atoms with Crippen LogP contribution in [-0.4, -0.2) is 24.9 Å². The minimum Gasteiger partial charge on any atom is -0.383 e. The summed E-state index contributed by atoms with van der Waals surface area (Å²) < 4.78 is 21.5. The van der Waals surface area contributed by atoms with E-state index in [1.807, 2.05) is 29.6 Å². The predicted octanol–water partition coefficient (Wildman–Crippen LogP) is 6.33. The van der Waals surface area contributed by atoms with Crippen molar-refractivity contribution in [3.63, 3.8) is 0 Å². The fourth-order valence-corrected chi connectivity index (χ4v) is 5.48. The number of ether oxygens (including phenoxy) is 1. The van der Waals surface area contributed by atoms with Crippen molar-refractivity contribution in [2.24, 2.45) is 4.99 Å². The van der Waals surface area contributed by atoms with Gasteiger partial charge in [0.05, 0.1) is 35.9 Å². The Hall–Kier alpha value is -3.33. The molecular weight excluding hydrogens is 467 g/mol. The van der Waals surface area contributed by atoms with Crippen molar-refractivity contribution in [3.8, 4) is 11.3 Å². The van der Waals surface area contributed by atoms with Crippen LogP contribution in [0.3, 0.4) is 0 Å². The fourth-order valence-electron chi connectivity index (χ4n) is 3.64. The summed E-state index contributed by atoms with van der Waals surface area (Å²) in [6.45, 7) is 5.27. The van der Waals surface area contributed by atoms with Gasteiger partial charge in [-0.2, -0.15) is 0 Å². The molecule has 5 rings (SSSR count). The minimum absolute atomic E-state index is 0.293. The second-order valence-corrected chi connectivity index (χ2v) is 9.54. The molecule has 0 saturated carbocycles. The fraction of sp³-hybridized carbons (Fsp3) is 0.115. The first kappa shape index (κ1) is 22.5. The van der Waals surface area contributed by atoms with Gasteiger partial charge in [0, 0.05) is 33.4 Å². The Kier molecular flexibility index (Phi) is 6.53. The Morgan fingerprint density at radius 1 is 1.09 bits per heavy atom. The summed E-state index contributed by atoms with van der Waals surface area (Å²) in [4.78, 5) is 7.69. The van der Waals surface area contributed by atoms with Gasteiger partial charge in [0.1, 0.15) is 5.82 Å². The molecule has 3 aromatic carbocycles. The number of hydrogen-bond acceptors (Lipinski definition) is 6. The van der Waals surface area contributed by atoms with Gasteiger partial charge in [0.25, 0.3) is 0 Å². The van der Waals surface area contributed by atoms with E-state index >= 15 is 0 Å². The van der Waals surface area contributed by atoms with Gasteiger partial charge in [-0.1, -0.05) is 48.7 Å². The molecule has 34 heavy (non-hydrogen) atoms. The second kappa shape index (κ2) is 9.89. The first-order valence-corrected chi connectivity index (χ1v) is 12.4. The normalized spacial score (nSPS) is 12.6. The maximum Gasteiger partial charge on any atom is 0.204 e. The zero-order valence-electron chi connectivity index (χ0n) is 18.5. The molecule has 0 unspecified atom stereocenters. The second-order valence-electron chi connectivity index (χ2n) is 7.62. The summed E-state index contributed by atoms with van der Waals surface area (Å²) in [5.41, 5.74) is 8.24. The average molecular weight is 491 g/mol. The maximum absolute atomic E-state index is 14.6. The Bertz CT molecular complexity index is 1430. The molecule has 0 bridgehead atoms. The van der Waals surface area contributed by atoms with Crippen molar-refractivity contribution in [1.29, 1.82) is 0 Å². The monoisotopic (exact) mass is 490 g/mol. The number of para-hydroxylation sites is 1. The summed E-state index contributed by atoms with van der Waals surface area (Å²) in [5, 5.41) is 5.40. The summed E-state index contributed by atoms with van der Waals surface area (Å²) in [6, 6.07) is 21.2. The van der Waals surface area contributed by atoms with Gasteiger partial charge < -0.3 is 10.1 Å². The molecule has 0 amide bonds. The van der Waals surface area contributed by atoms with Gasteiger partial charge in [-0.3, -0.25) is 10.4 Å². The lowest BCUT2D eigenvalue weighted by Crippen LogP contribution is -2.26. The number of aromatic nitrogens is 1. The number of rotatable bonds is 7. The summed E-state index contributed by atoms with van der Waals surface area (Å²) >= 11 is 3.18. The number of halogens is 1. The number of benzene rings is 3. The Labute approximate surface area is 205 Å². The third kappa shape index (κ3) is 4.52. The molecule has 8 heteroatoms. The van der Waals surface area contributed by atoms with Crippen LogP contribution in [0.2, 0.25) is 0 Å². The highest BCUT2D eigenvalue weighted by atomic mass is 32.2. The van der Waals surface area contributed by atoms with Crippen LogP contribution >= 0.6 is 23.1 Å². The molecule has 2 N–H and O–H groups in total. The molecule has 4 aromatic rings. The molecule has 0 fully saturated rings. The third-order valence-corrected chi connectivity index (χ3v) is 7.37. The van der Waals surface area contributed by atoms with Gasteiger partial charge in [-0.25, -0.2) is 9.07 Å². The standard InChI is InChI=1S/C26H23FN4OS2/c1-17(18-11-12-25-22(15-18)29-21-9-5-6-10-24(21)34-25)30-31-23(19-7-3-4-8-20(19)27)16-33-26(31)28-13-14-32-2/h3-12,15-16,29-30H,1,13-14H2,2H3. The van der Waals surface area contributed by atoms with Crippen molar-refractivity contribution in [1.82, 2.24) is 4.68 Å². The van der Waals surface area contributed by atoms with Crippen LogP contribution < -0.4 is 15.5 Å². The van der Waals surface area contributed by atoms with Gasteiger partial charge in [-0.15, -0.1) is 11.3 Å². The van der Waals surface area contributed by atoms with E-state index in [1.165, 1.54) is 22.3 Å². The van der Waals surface area contributed by atoms with E-state index in [0.717, 1.165) is 21.8 Å². The molecule has 2 heterocycles. The molecule has 0 saturated heterocycles. The third-order valence-electron chi connectivity index (χ3n) is 5.35. The molecule has 1 aliphatic rings. The largest absolute Gasteiger partial charge is 0.383 e. The van der Waals surface area contributed by atoms with E-state index < -0.39 is 0 Å². The Morgan fingerprint density at radius 2 is 1.88 bits per heavy atom. The van der Waals surface area contributed by atoms with Crippen LogP contribution in [0.4, 0.5) is 15.8 Å². The molecule has 5 nitrogen and oxygen atoms in total. The topological polar surface area (TPSA) is 50.6 Å². The number of anilines is 2. The predicted molar refractivity (Wildman–Crippen MR) is 139 cm³/mol. The van der Waals surface area contributed by atoms with Crippen molar-refractivity contribution in [2.75, 3.05) is 31.0 Å². The molecule has 1 aromatic heterocycles. The van der Waals surface area contributed by atoms with Gasteiger partial charge in [0.2, 0.25) is 4.80 Å². The lowest BCUT2D eigenvalue weighted by Gasteiger charge is -2.22. The quantitative estimate of drug-likeness (QED) is 0.262. The van der Waals surface area contributed by atoms with E-state index in [2.05, 4.69) is 46.6 Å². The van der Waals surface area contributed by atoms with E-state index in [-0.39, 0.29) is 5.82 Å². The highest BCUT2D eigenvalue weighted by Gasteiger charge is 2.17. The van der Waals surface area contributed by atoms with Crippen molar-refractivity contribution >= 4 is 40.2 Å². The smallest absolute Gasteiger partial charge is 0.204 e. The Morgan fingerprint density at radius 3 is 2.74 bits per heavy atom. The number of methoxy groups -OCH3 is 1. The average Bonchev–Trinajstić information content (AvgIpc) is 3.24. The molecule has 1 aliphatic heterocycles. The molecule has 172 valence electrons. The molecular formula is C26H23FN4OS2. The van der Waals surface area contributed by atoms with Crippen LogP contribution in [0.25, 0.3) is 17.0 Å². The number of nitrogens with one attached hydrogen (secondary N) is 2. The summed E-state index contributed by atoms with van der Waals surface area (Å²) in [7, 11) is 1.64. The van der Waals surface area contributed by atoms with Crippen LogP contribution in [0.5, 0.6) is 0 Å². The van der Waals surface area contributed by atoms with Gasteiger partial charge >= 0.3 is 0 Å². The van der Waals surface area contributed by atoms with E-state index in [1.54, 1.807) is 35.7 Å². The van der Waals surface area contributed by atoms with Crippen LogP contribution in [0.1, 0.15) is 5.56 Å². The van der Waals surface area contributed by atoms with Crippen LogP contribution in [0, 0.1) is 5.82 Å². The molecule has 0 spiro atoms. The van der Waals surface area contributed by atoms with Crippen molar-refractivity contribution in [2.45, 2.75) is 9.79 Å². The van der Waals surface area contributed by atoms with Gasteiger partial charge in [-0.05, 0) is 36.4 Å². The zero-order valence-corrected chi connectivity index (χ0v) is 20.2. The summed E-state index contributed by atoms with van der Waals surface area (Å²) in [6.07, 6.45) is 0. The molecule has 0 atom stereocenters. The van der Waals surface area contributed by atoms with E-state index in [9.17, 15) is 4.39 Å². The first-order chi connectivity index (χ1) is 16.6. The van der Waals surface area contributed by atoms with E-state index in [0.29, 0.717) is 34.9 Å². The molecule has 0 radical (unpaired) electrons. The van der Waals surface area contributed by atoms with Crippen molar-refractivity contribution in [3.05, 3.63) is 94.9 Å². The highest BCUT2D eigenvalue weighted by molar-refractivity contribution is 7.99. The number of thiazole rings is 1. The highest BCUT2D eigenvalue weighted by Crippen LogP contribution is 2.44. The SMILES string of the molecule is C=C(Nn1c(-c2ccccc2F)csc1=NCCOC)c1ccc2c(c1)Nc1ccccc1S2. The Balaban J connectivity index is 1.47. The number of fused-ring (bicyclic) bond motifs is 2. The number of nitrogens with zero attached hydrogens (tertiary/aromatic N) is 2. The lowest BCUT2D eigenvalue weighted by atomic mass is 10.1. The molecule has 0 aliphatic carbocycles. The van der Waals surface area contributed by atoms with Gasteiger partial charge in [0.15, 0.2) is 0 Å². The van der Waals surface area contributed by atoms with Crippen LogP contribution in [-0.2, 0) is 4.74 Å².